The molecule has 7 nitrogen and oxygen atoms in total. The molecule has 0 amide bonds. The minimum Gasteiger partial charge on any atom is -0.379 e. The number of ether oxygens (including phenoxy) is 1. The molecule has 1 aliphatic rings. The minimum absolute atomic E-state index is 0.0845. The van der Waals surface area contributed by atoms with Crippen LogP contribution in [0, 0.1) is 0 Å². The van der Waals surface area contributed by atoms with E-state index >= 15 is 0 Å². The number of hydrogen-bond donors (Lipinski definition) is 1. The molecule has 3 heterocycles. The summed E-state index contributed by atoms with van der Waals surface area (Å²) in [5, 5.41) is 16.4. The molecule has 0 spiro atoms. The van der Waals surface area contributed by atoms with Gasteiger partial charge in [0.05, 0.1) is 13.2 Å². The van der Waals surface area contributed by atoms with Crippen LogP contribution in [-0.4, -0.2) is 64.1 Å². The number of aromatic nitrogens is 4. The third-order valence-corrected chi connectivity index (χ3v) is 3.77. The number of fused-ring (bicyclic) bond motifs is 1. The minimum atomic E-state index is -0.0845. The zero-order chi connectivity index (χ0) is 15.6. The normalized spacial score (nSPS) is 17.0. The van der Waals surface area contributed by atoms with Gasteiger partial charge in [-0.15, -0.1) is 15.3 Å². The van der Waals surface area contributed by atoms with Crippen LogP contribution in [-0.2, 0) is 10.2 Å². The van der Waals surface area contributed by atoms with E-state index in [1.807, 2.05) is 16.6 Å². The van der Waals surface area contributed by atoms with Crippen LogP contribution in [0.15, 0.2) is 12.1 Å². The number of anilines is 1. The first-order chi connectivity index (χ1) is 10.5. The van der Waals surface area contributed by atoms with Gasteiger partial charge in [0, 0.05) is 31.6 Å². The quantitative estimate of drug-likeness (QED) is 0.914. The third kappa shape index (κ3) is 3.36. The Hall–Kier alpha value is -1.73. The molecule has 0 unspecified atom stereocenters. The smallest absolute Gasteiger partial charge is 0.178 e. The first-order valence-electron chi connectivity index (χ1n) is 7.81. The van der Waals surface area contributed by atoms with Crippen molar-refractivity contribution in [3.05, 3.63) is 18.0 Å². The molecule has 0 saturated carbocycles. The monoisotopic (exact) mass is 304 g/mol. The molecule has 1 saturated heterocycles. The summed E-state index contributed by atoms with van der Waals surface area (Å²) in [7, 11) is 0. The van der Waals surface area contributed by atoms with Crippen LogP contribution >= 0.6 is 0 Å². The molecule has 3 rings (SSSR count). The number of hydrogen-bond acceptors (Lipinski definition) is 6. The molecule has 0 aromatic carbocycles. The zero-order valence-corrected chi connectivity index (χ0v) is 13.5. The second-order valence-corrected chi connectivity index (χ2v) is 6.64. The summed E-state index contributed by atoms with van der Waals surface area (Å²) in [6, 6.07) is 3.90. The highest BCUT2D eigenvalue weighted by molar-refractivity contribution is 5.44. The molecule has 1 aliphatic heterocycles. The lowest BCUT2D eigenvalue weighted by molar-refractivity contribution is 0.0398. The Balaban J connectivity index is 1.66. The first-order valence-corrected chi connectivity index (χ1v) is 7.81. The Kier molecular flexibility index (Phi) is 4.26. The maximum Gasteiger partial charge on any atom is 0.178 e. The van der Waals surface area contributed by atoms with E-state index in [0.717, 1.165) is 56.7 Å². The zero-order valence-electron chi connectivity index (χ0n) is 13.5. The maximum atomic E-state index is 5.36. The average Bonchev–Trinajstić information content (AvgIpc) is 2.91. The van der Waals surface area contributed by atoms with Crippen LogP contribution < -0.4 is 5.32 Å². The summed E-state index contributed by atoms with van der Waals surface area (Å²) >= 11 is 0. The second kappa shape index (κ2) is 6.18. The SMILES string of the molecule is CC(C)(C)c1nnc2ccc(NCCN3CCOCC3)nn12. The number of nitrogens with one attached hydrogen (secondary N) is 1. The average molecular weight is 304 g/mol. The fraction of sp³-hybridized carbons (Fsp3) is 0.667. The van der Waals surface area contributed by atoms with E-state index in [1.54, 1.807) is 0 Å². The van der Waals surface area contributed by atoms with Crippen LogP contribution in [0.25, 0.3) is 5.65 Å². The van der Waals surface area contributed by atoms with E-state index in [0.29, 0.717) is 0 Å². The van der Waals surface area contributed by atoms with Crippen molar-refractivity contribution in [3.63, 3.8) is 0 Å². The van der Waals surface area contributed by atoms with Gasteiger partial charge in [-0.05, 0) is 12.1 Å². The van der Waals surface area contributed by atoms with Gasteiger partial charge in [0.2, 0.25) is 0 Å². The number of morpholine rings is 1. The predicted octanol–water partition coefficient (Wildman–Crippen LogP) is 1.17. The van der Waals surface area contributed by atoms with E-state index in [1.165, 1.54) is 0 Å². The molecule has 0 atom stereocenters. The van der Waals surface area contributed by atoms with Crippen molar-refractivity contribution < 1.29 is 4.74 Å². The van der Waals surface area contributed by atoms with Gasteiger partial charge in [-0.3, -0.25) is 4.90 Å². The largest absolute Gasteiger partial charge is 0.379 e. The molecular formula is C15H24N6O. The van der Waals surface area contributed by atoms with Gasteiger partial charge in [-0.1, -0.05) is 20.8 Å². The van der Waals surface area contributed by atoms with Crippen molar-refractivity contribution >= 4 is 11.5 Å². The van der Waals surface area contributed by atoms with Gasteiger partial charge in [0.1, 0.15) is 5.82 Å². The number of nitrogens with zero attached hydrogens (tertiary/aromatic N) is 5. The highest BCUT2D eigenvalue weighted by atomic mass is 16.5. The summed E-state index contributed by atoms with van der Waals surface area (Å²) in [6.45, 7) is 11.9. The van der Waals surface area contributed by atoms with E-state index in [-0.39, 0.29) is 5.41 Å². The predicted molar refractivity (Wildman–Crippen MR) is 85.2 cm³/mol. The lowest BCUT2D eigenvalue weighted by atomic mass is 9.96. The topological polar surface area (TPSA) is 67.6 Å². The molecule has 120 valence electrons. The molecule has 1 fully saturated rings. The Bertz CT molecular complexity index is 626. The Labute approximate surface area is 130 Å². The van der Waals surface area contributed by atoms with Gasteiger partial charge < -0.3 is 10.1 Å². The highest BCUT2D eigenvalue weighted by Crippen LogP contribution is 2.20. The highest BCUT2D eigenvalue weighted by Gasteiger charge is 2.21. The van der Waals surface area contributed by atoms with Gasteiger partial charge in [-0.25, -0.2) is 0 Å². The number of rotatable bonds is 4. The summed E-state index contributed by atoms with van der Waals surface area (Å²) in [5.41, 5.74) is 0.697. The van der Waals surface area contributed by atoms with Crippen molar-refractivity contribution in [2.75, 3.05) is 44.7 Å². The van der Waals surface area contributed by atoms with Crippen LogP contribution in [0.3, 0.4) is 0 Å². The van der Waals surface area contributed by atoms with Crippen molar-refractivity contribution in [1.82, 2.24) is 24.7 Å². The molecule has 2 aromatic rings. The third-order valence-electron chi connectivity index (χ3n) is 3.77. The van der Waals surface area contributed by atoms with Crippen LogP contribution in [0.5, 0.6) is 0 Å². The van der Waals surface area contributed by atoms with E-state index in [9.17, 15) is 0 Å². The molecule has 0 bridgehead atoms. The summed E-state index contributed by atoms with van der Waals surface area (Å²) in [6.07, 6.45) is 0. The molecular weight excluding hydrogens is 280 g/mol. The summed E-state index contributed by atoms with van der Waals surface area (Å²) in [4.78, 5) is 2.40. The van der Waals surface area contributed by atoms with Crippen LogP contribution in [0.1, 0.15) is 26.6 Å². The van der Waals surface area contributed by atoms with Gasteiger partial charge in [0.15, 0.2) is 11.5 Å². The molecule has 0 radical (unpaired) electrons. The summed E-state index contributed by atoms with van der Waals surface area (Å²) in [5.74, 6) is 1.73. The second-order valence-electron chi connectivity index (χ2n) is 6.64. The first kappa shape index (κ1) is 15.2. The Morgan fingerprint density at radius 3 is 2.68 bits per heavy atom. The van der Waals surface area contributed by atoms with Crippen molar-refractivity contribution in [3.8, 4) is 0 Å². The Morgan fingerprint density at radius 1 is 1.18 bits per heavy atom. The van der Waals surface area contributed by atoms with E-state index in [2.05, 4.69) is 46.3 Å². The maximum absolute atomic E-state index is 5.36. The van der Waals surface area contributed by atoms with Crippen molar-refractivity contribution in [2.24, 2.45) is 0 Å². The van der Waals surface area contributed by atoms with Crippen LogP contribution in [0.4, 0.5) is 5.82 Å². The fourth-order valence-electron chi connectivity index (χ4n) is 2.52. The molecule has 22 heavy (non-hydrogen) atoms. The van der Waals surface area contributed by atoms with Crippen LogP contribution in [0.2, 0.25) is 0 Å². The molecule has 7 heteroatoms. The van der Waals surface area contributed by atoms with Crippen molar-refractivity contribution in [2.45, 2.75) is 26.2 Å². The summed E-state index contributed by atoms with van der Waals surface area (Å²) < 4.78 is 7.19. The van der Waals surface area contributed by atoms with E-state index in [4.69, 9.17) is 4.74 Å². The Morgan fingerprint density at radius 2 is 1.95 bits per heavy atom. The lowest BCUT2D eigenvalue weighted by Gasteiger charge is -2.26. The molecule has 1 N–H and O–H groups in total. The van der Waals surface area contributed by atoms with Gasteiger partial charge in [0.25, 0.3) is 0 Å². The van der Waals surface area contributed by atoms with Gasteiger partial charge >= 0.3 is 0 Å². The van der Waals surface area contributed by atoms with Crippen molar-refractivity contribution in [1.29, 1.82) is 0 Å². The standard InChI is InChI=1S/C15H24N6O/c1-15(2,3)14-18-17-13-5-4-12(19-21(13)14)16-6-7-20-8-10-22-11-9-20/h4-5H,6-11H2,1-3H3,(H,16,19). The lowest BCUT2D eigenvalue weighted by Crippen LogP contribution is -2.39. The van der Waals surface area contributed by atoms with E-state index < -0.39 is 0 Å². The molecule has 2 aromatic heterocycles. The van der Waals surface area contributed by atoms with Gasteiger partial charge in [-0.2, -0.15) is 4.52 Å². The fourth-order valence-corrected chi connectivity index (χ4v) is 2.52. The molecule has 0 aliphatic carbocycles.